The van der Waals surface area contributed by atoms with Crippen LogP contribution in [0.25, 0.3) is 0 Å². The number of halogens is 1. The lowest BCUT2D eigenvalue weighted by molar-refractivity contribution is -0.143. The molecular formula is C17H22FN3O2. The SMILES string of the molecule is CCN1CCN(C(=O)C2(C(=O)Nc3ccc(F)cc3)CC2)CC1. The van der Waals surface area contributed by atoms with Gasteiger partial charge in [0.2, 0.25) is 11.8 Å². The highest BCUT2D eigenvalue weighted by molar-refractivity contribution is 6.13. The number of hydrogen-bond acceptors (Lipinski definition) is 3. The van der Waals surface area contributed by atoms with Crippen molar-refractivity contribution in [3.8, 4) is 0 Å². The molecule has 3 rings (SSSR count). The van der Waals surface area contributed by atoms with Crippen molar-refractivity contribution in [3.05, 3.63) is 30.1 Å². The van der Waals surface area contributed by atoms with Gasteiger partial charge >= 0.3 is 0 Å². The fourth-order valence-corrected chi connectivity index (χ4v) is 3.02. The van der Waals surface area contributed by atoms with Crippen molar-refractivity contribution in [2.75, 3.05) is 38.0 Å². The Morgan fingerprint density at radius 2 is 1.74 bits per heavy atom. The van der Waals surface area contributed by atoms with Crippen LogP contribution in [0.15, 0.2) is 24.3 Å². The van der Waals surface area contributed by atoms with Crippen LogP contribution in [0, 0.1) is 11.2 Å². The van der Waals surface area contributed by atoms with Crippen LogP contribution < -0.4 is 5.32 Å². The summed E-state index contributed by atoms with van der Waals surface area (Å²) >= 11 is 0. The minimum atomic E-state index is -0.914. The van der Waals surface area contributed by atoms with E-state index in [-0.39, 0.29) is 17.6 Å². The van der Waals surface area contributed by atoms with Crippen molar-refractivity contribution in [2.45, 2.75) is 19.8 Å². The second-order valence-electron chi connectivity index (χ2n) is 6.27. The Balaban J connectivity index is 1.63. The molecule has 1 aliphatic heterocycles. The minimum absolute atomic E-state index is 0.0622. The quantitative estimate of drug-likeness (QED) is 0.860. The van der Waals surface area contributed by atoms with Gasteiger partial charge in [0.1, 0.15) is 11.2 Å². The molecule has 2 amide bonds. The Kier molecular flexibility index (Phi) is 4.35. The molecule has 1 aromatic rings. The van der Waals surface area contributed by atoms with Crippen LogP contribution in [-0.4, -0.2) is 54.3 Å². The van der Waals surface area contributed by atoms with E-state index in [9.17, 15) is 14.0 Å². The van der Waals surface area contributed by atoms with E-state index in [1.165, 1.54) is 24.3 Å². The second kappa shape index (κ2) is 6.28. The Morgan fingerprint density at radius 3 is 2.26 bits per heavy atom. The third-order valence-corrected chi connectivity index (χ3v) is 4.80. The molecule has 23 heavy (non-hydrogen) atoms. The number of nitrogens with one attached hydrogen (secondary N) is 1. The van der Waals surface area contributed by atoms with Crippen molar-refractivity contribution in [2.24, 2.45) is 5.41 Å². The Labute approximate surface area is 135 Å². The van der Waals surface area contributed by atoms with Gasteiger partial charge in [-0.15, -0.1) is 0 Å². The predicted molar refractivity (Wildman–Crippen MR) is 85.4 cm³/mol. The van der Waals surface area contributed by atoms with Crippen LogP contribution in [0.2, 0.25) is 0 Å². The van der Waals surface area contributed by atoms with E-state index in [1.807, 2.05) is 4.90 Å². The Bertz CT molecular complexity index is 590. The van der Waals surface area contributed by atoms with Crippen molar-refractivity contribution >= 4 is 17.5 Å². The molecule has 0 aromatic heterocycles. The normalized spacial score (nSPS) is 20.2. The summed E-state index contributed by atoms with van der Waals surface area (Å²) in [6.45, 7) is 6.17. The van der Waals surface area contributed by atoms with E-state index >= 15 is 0 Å². The molecule has 1 heterocycles. The molecule has 1 aromatic carbocycles. The lowest BCUT2D eigenvalue weighted by Gasteiger charge is -2.35. The topological polar surface area (TPSA) is 52.7 Å². The maximum atomic E-state index is 12.9. The van der Waals surface area contributed by atoms with Crippen LogP contribution in [0.4, 0.5) is 10.1 Å². The molecule has 1 aliphatic carbocycles. The lowest BCUT2D eigenvalue weighted by Crippen LogP contribution is -2.52. The summed E-state index contributed by atoms with van der Waals surface area (Å²) in [7, 11) is 0. The summed E-state index contributed by atoms with van der Waals surface area (Å²) in [6, 6.07) is 5.60. The molecule has 0 atom stereocenters. The van der Waals surface area contributed by atoms with Crippen LogP contribution in [0.1, 0.15) is 19.8 Å². The fourth-order valence-electron chi connectivity index (χ4n) is 3.02. The van der Waals surface area contributed by atoms with Crippen molar-refractivity contribution in [1.82, 2.24) is 9.80 Å². The largest absolute Gasteiger partial charge is 0.339 e. The number of hydrogen-bond donors (Lipinski definition) is 1. The molecule has 1 N–H and O–H groups in total. The van der Waals surface area contributed by atoms with E-state index in [0.717, 1.165) is 19.6 Å². The molecule has 0 unspecified atom stereocenters. The first-order valence-corrected chi connectivity index (χ1v) is 8.14. The first-order valence-electron chi connectivity index (χ1n) is 8.14. The predicted octanol–water partition coefficient (Wildman–Crippen LogP) is 1.71. The highest BCUT2D eigenvalue weighted by atomic mass is 19.1. The summed E-state index contributed by atoms with van der Waals surface area (Å²) in [5.41, 5.74) is -0.394. The third-order valence-electron chi connectivity index (χ3n) is 4.80. The first kappa shape index (κ1) is 15.9. The zero-order chi connectivity index (χ0) is 16.4. The number of amides is 2. The number of anilines is 1. The molecule has 0 bridgehead atoms. The number of carbonyl (C=O) groups is 2. The van der Waals surface area contributed by atoms with E-state index in [4.69, 9.17) is 0 Å². The minimum Gasteiger partial charge on any atom is -0.339 e. The Hall–Kier alpha value is -1.95. The second-order valence-corrected chi connectivity index (χ2v) is 6.27. The zero-order valence-corrected chi connectivity index (χ0v) is 13.3. The maximum Gasteiger partial charge on any atom is 0.240 e. The summed E-state index contributed by atoms with van der Waals surface area (Å²) in [5.74, 6) is -0.686. The van der Waals surface area contributed by atoms with Crippen LogP contribution in [0.3, 0.4) is 0 Å². The monoisotopic (exact) mass is 319 g/mol. The molecule has 2 fully saturated rings. The number of benzene rings is 1. The molecule has 1 saturated carbocycles. The van der Waals surface area contributed by atoms with Crippen LogP contribution in [-0.2, 0) is 9.59 Å². The van der Waals surface area contributed by atoms with Gasteiger partial charge in [-0.25, -0.2) is 4.39 Å². The average molecular weight is 319 g/mol. The molecule has 0 spiro atoms. The van der Waals surface area contributed by atoms with Crippen LogP contribution in [0.5, 0.6) is 0 Å². The van der Waals surface area contributed by atoms with E-state index < -0.39 is 5.41 Å². The number of likely N-dealkylation sites (N-methyl/N-ethyl adjacent to an activating group) is 1. The van der Waals surface area contributed by atoms with Gasteiger partial charge in [-0.1, -0.05) is 6.92 Å². The number of carbonyl (C=O) groups excluding carboxylic acids is 2. The maximum absolute atomic E-state index is 12.9. The molecule has 2 aliphatic rings. The molecule has 1 saturated heterocycles. The summed E-state index contributed by atoms with van der Waals surface area (Å²) in [5, 5.41) is 2.75. The number of rotatable bonds is 4. The van der Waals surface area contributed by atoms with Gasteiger partial charge in [0.25, 0.3) is 0 Å². The van der Waals surface area contributed by atoms with E-state index in [1.54, 1.807) is 0 Å². The van der Waals surface area contributed by atoms with Gasteiger partial charge < -0.3 is 15.1 Å². The van der Waals surface area contributed by atoms with Gasteiger partial charge in [0, 0.05) is 31.9 Å². The van der Waals surface area contributed by atoms with Gasteiger partial charge in [-0.2, -0.15) is 0 Å². The standard InChI is InChI=1S/C17H22FN3O2/c1-2-20-9-11-21(12-10-20)16(23)17(7-8-17)15(22)19-14-5-3-13(18)4-6-14/h3-6H,2,7-12H2,1H3,(H,19,22). The van der Waals surface area contributed by atoms with E-state index in [2.05, 4.69) is 17.1 Å². The number of nitrogens with zero attached hydrogens (tertiary/aromatic N) is 2. The highest BCUT2D eigenvalue weighted by Crippen LogP contribution is 2.48. The number of piperazine rings is 1. The lowest BCUT2D eigenvalue weighted by atomic mass is 10.0. The van der Waals surface area contributed by atoms with Crippen LogP contribution >= 0.6 is 0 Å². The van der Waals surface area contributed by atoms with Gasteiger partial charge in [-0.05, 0) is 43.7 Å². The third kappa shape index (κ3) is 3.22. The van der Waals surface area contributed by atoms with Crippen molar-refractivity contribution in [3.63, 3.8) is 0 Å². The molecule has 6 heteroatoms. The van der Waals surface area contributed by atoms with Gasteiger partial charge in [0.15, 0.2) is 0 Å². The van der Waals surface area contributed by atoms with Crippen molar-refractivity contribution < 1.29 is 14.0 Å². The average Bonchev–Trinajstić information content (AvgIpc) is 3.38. The smallest absolute Gasteiger partial charge is 0.240 e. The summed E-state index contributed by atoms with van der Waals surface area (Å²) in [4.78, 5) is 29.4. The van der Waals surface area contributed by atoms with Gasteiger partial charge in [0.05, 0.1) is 0 Å². The van der Waals surface area contributed by atoms with E-state index in [0.29, 0.717) is 31.6 Å². The molecular weight excluding hydrogens is 297 g/mol. The molecule has 0 radical (unpaired) electrons. The molecule has 124 valence electrons. The summed E-state index contributed by atoms with van der Waals surface area (Å²) in [6.07, 6.45) is 1.18. The molecule has 5 nitrogen and oxygen atoms in total. The summed E-state index contributed by atoms with van der Waals surface area (Å²) < 4.78 is 12.9. The van der Waals surface area contributed by atoms with Gasteiger partial charge in [-0.3, -0.25) is 9.59 Å². The fraction of sp³-hybridized carbons (Fsp3) is 0.529. The first-order chi connectivity index (χ1) is 11.0. The zero-order valence-electron chi connectivity index (χ0n) is 13.3. The Morgan fingerprint density at radius 1 is 1.13 bits per heavy atom. The van der Waals surface area contributed by atoms with Crippen molar-refractivity contribution in [1.29, 1.82) is 0 Å². The highest BCUT2D eigenvalue weighted by Gasteiger charge is 2.58.